The summed E-state index contributed by atoms with van der Waals surface area (Å²) in [5, 5.41) is 3.22. The Kier molecular flexibility index (Phi) is 5.30. The van der Waals surface area contributed by atoms with E-state index in [0.717, 1.165) is 24.4 Å². The van der Waals surface area contributed by atoms with Gasteiger partial charge in [0.25, 0.3) is 0 Å². The van der Waals surface area contributed by atoms with Gasteiger partial charge in [-0.2, -0.15) is 0 Å². The van der Waals surface area contributed by atoms with Crippen molar-refractivity contribution in [2.24, 2.45) is 0 Å². The zero-order valence-electron chi connectivity index (χ0n) is 11.2. The van der Waals surface area contributed by atoms with Gasteiger partial charge in [-0.05, 0) is 31.6 Å². The fourth-order valence-electron chi connectivity index (χ4n) is 1.65. The number of rotatable bonds is 8. The van der Waals surface area contributed by atoms with Crippen LogP contribution in [0.4, 0.5) is 0 Å². The average Bonchev–Trinajstić information content (AvgIpc) is 3.08. The molecule has 0 fully saturated rings. The Morgan fingerprint density at radius 3 is 2.95 bits per heavy atom. The molecule has 0 amide bonds. The lowest BCUT2D eigenvalue weighted by Gasteiger charge is -2.02. The number of aromatic nitrogens is 2. The number of nitrogens with one attached hydrogen (secondary N) is 3. The molecule has 8 heteroatoms. The Labute approximate surface area is 122 Å². The van der Waals surface area contributed by atoms with Gasteiger partial charge in [0.05, 0.1) is 6.54 Å². The van der Waals surface area contributed by atoms with Crippen molar-refractivity contribution in [1.29, 1.82) is 0 Å². The van der Waals surface area contributed by atoms with Crippen molar-refractivity contribution in [2.45, 2.75) is 24.1 Å². The molecule has 0 unspecified atom stereocenters. The smallest absolute Gasteiger partial charge is 0.250 e. The number of likely N-dealkylation sites (N-methyl/N-ethyl adjacent to an activating group) is 1. The van der Waals surface area contributed by atoms with E-state index < -0.39 is 10.0 Å². The number of hydrogen-bond donors (Lipinski definition) is 3. The lowest BCUT2D eigenvalue weighted by atomic mass is 10.3. The van der Waals surface area contributed by atoms with Crippen LogP contribution < -0.4 is 10.0 Å². The second-order valence-corrected chi connectivity index (χ2v) is 7.35. The van der Waals surface area contributed by atoms with Crippen LogP contribution in [0.1, 0.15) is 17.6 Å². The first-order chi connectivity index (χ1) is 9.62. The molecule has 20 heavy (non-hydrogen) atoms. The maximum Gasteiger partial charge on any atom is 0.250 e. The Morgan fingerprint density at radius 1 is 1.40 bits per heavy atom. The van der Waals surface area contributed by atoms with Crippen molar-refractivity contribution in [3.05, 3.63) is 35.2 Å². The van der Waals surface area contributed by atoms with Crippen LogP contribution in [0, 0.1) is 0 Å². The van der Waals surface area contributed by atoms with Crippen LogP contribution >= 0.6 is 11.3 Å². The van der Waals surface area contributed by atoms with Crippen LogP contribution in [-0.4, -0.2) is 31.5 Å². The second kappa shape index (κ2) is 6.98. The largest absolute Gasteiger partial charge is 0.347 e. The van der Waals surface area contributed by atoms with Crippen molar-refractivity contribution in [3.8, 4) is 0 Å². The molecule has 2 heterocycles. The molecule has 0 atom stereocenters. The molecule has 0 aromatic carbocycles. The van der Waals surface area contributed by atoms with Gasteiger partial charge in [-0.1, -0.05) is 6.92 Å². The van der Waals surface area contributed by atoms with Gasteiger partial charge >= 0.3 is 0 Å². The highest BCUT2D eigenvalue weighted by Gasteiger charge is 2.16. The van der Waals surface area contributed by atoms with Gasteiger partial charge in [0.15, 0.2) is 0 Å². The topological polar surface area (TPSA) is 86.9 Å². The first kappa shape index (κ1) is 15.2. The number of aromatic amines is 1. The van der Waals surface area contributed by atoms with E-state index >= 15 is 0 Å². The molecular formula is C12H18N4O2S2. The molecule has 110 valence electrons. The lowest BCUT2D eigenvalue weighted by molar-refractivity contribution is 0.582. The molecule has 0 saturated heterocycles. The molecule has 0 spiro atoms. The van der Waals surface area contributed by atoms with Gasteiger partial charge in [-0.3, -0.25) is 0 Å². The molecule has 0 radical (unpaired) electrons. The quantitative estimate of drug-likeness (QED) is 0.637. The standard InChI is InChI=1S/C12H18N4O2S2/c1-2-13-6-5-10-3-4-12(19-10)20(17,18)16-9-11-14-7-8-15-11/h3-4,7-8,13,16H,2,5-6,9H2,1H3,(H,14,15). The number of H-pyrrole nitrogens is 1. The molecule has 6 nitrogen and oxygen atoms in total. The van der Waals surface area contributed by atoms with Gasteiger partial charge in [-0.15, -0.1) is 11.3 Å². The van der Waals surface area contributed by atoms with Crippen molar-refractivity contribution >= 4 is 21.4 Å². The molecule has 0 aliphatic carbocycles. The van der Waals surface area contributed by atoms with Crippen LogP contribution in [-0.2, 0) is 23.0 Å². The Bertz CT molecular complexity index is 620. The van der Waals surface area contributed by atoms with E-state index in [-0.39, 0.29) is 6.54 Å². The summed E-state index contributed by atoms with van der Waals surface area (Å²) >= 11 is 1.31. The number of hydrogen-bond acceptors (Lipinski definition) is 5. The molecule has 0 bridgehead atoms. The number of thiophene rings is 1. The van der Waals surface area contributed by atoms with Gasteiger partial charge in [0, 0.05) is 17.3 Å². The van der Waals surface area contributed by atoms with E-state index in [0.29, 0.717) is 10.0 Å². The fraction of sp³-hybridized carbons (Fsp3) is 0.417. The van der Waals surface area contributed by atoms with E-state index in [2.05, 4.69) is 20.0 Å². The Morgan fingerprint density at radius 2 is 2.25 bits per heavy atom. The molecular weight excluding hydrogens is 296 g/mol. The molecule has 2 aromatic rings. The SMILES string of the molecule is CCNCCc1ccc(S(=O)(=O)NCc2ncc[nH]2)s1. The van der Waals surface area contributed by atoms with Crippen LogP contribution in [0.25, 0.3) is 0 Å². The number of imidazole rings is 1. The lowest BCUT2D eigenvalue weighted by Crippen LogP contribution is -2.22. The minimum absolute atomic E-state index is 0.167. The molecule has 2 rings (SSSR count). The molecule has 0 saturated carbocycles. The highest BCUT2D eigenvalue weighted by molar-refractivity contribution is 7.91. The normalized spacial score (nSPS) is 11.8. The monoisotopic (exact) mass is 314 g/mol. The second-order valence-electron chi connectivity index (χ2n) is 4.18. The highest BCUT2D eigenvalue weighted by atomic mass is 32.2. The van der Waals surface area contributed by atoms with E-state index in [1.54, 1.807) is 18.5 Å². The van der Waals surface area contributed by atoms with E-state index in [4.69, 9.17) is 0 Å². The summed E-state index contributed by atoms with van der Waals surface area (Å²) in [6.07, 6.45) is 4.09. The van der Waals surface area contributed by atoms with Crippen LogP contribution in [0.15, 0.2) is 28.7 Å². The summed E-state index contributed by atoms with van der Waals surface area (Å²) in [5.41, 5.74) is 0. The minimum atomic E-state index is -3.46. The average molecular weight is 314 g/mol. The third kappa shape index (κ3) is 4.14. The molecule has 2 aromatic heterocycles. The van der Waals surface area contributed by atoms with Gasteiger partial charge in [0.2, 0.25) is 10.0 Å². The summed E-state index contributed by atoms with van der Waals surface area (Å²) in [6, 6.07) is 3.51. The molecule has 0 aliphatic rings. The Balaban J connectivity index is 1.95. The van der Waals surface area contributed by atoms with Gasteiger partial charge in [-0.25, -0.2) is 18.1 Å². The van der Waals surface area contributed by atoms with Crippen molar-refractivity contribution in [2.75, 3.05) is 13.1 Å². The number of nitrogens with zero attached hydrogens (tertiary/aromatic N) is 1. The highest BCUT2D eigenvalue weighted by Crippen LogP contribution is 2.21. The number of sulfonamides is 1. The summed E-state index contributed by atoms with van der Waals surface area (Å²) in [5.74, 6) is 0.595. The minimum Gasteiger partial charge on any atom is -0.347 e. The summed E-state index contributed by atoms with van der Waals surface area (Å²) in [4.78, 5) is 7.90. The van der Waals surface area contributed by atoms with Crippen molar-refractivity contribution in [3.63, 3.8) is 0 Å². The fourth-order valence-corrected chi connectivity index (χ4v) is 4.04. The van der Waals surface area contributed by atoms with Crippen molar-refractivity contribution < 1.29 is 8.42 Å². The van der Waals surface area contributed by atoms with E-state index in [1.165, 1.54) is 11.3 Å². The maximum atomic E-state index is 12.1. The Hall–Kier alpha value is -1.22. The molecule has 3 N–H and O–H groups in total. The first-order valence-corrected chi connectivity index (χ1v) is 8.69. The molecule has 0 aliphatic heterocycles. The maximum absolute atomic E-state index is 12.1. The van der Waals surface area contributed by atoms with E-state index in [9.17, 15) is 8.42 Å². The summed E-state index contributed by atoms with van der Waals surface area (Å²) < 4.78 is 27.1. The van der Waals surface area contributed by atoms with Crippen LogP contribution in [0.5, 0.6) is 0 Å². The summed E-state index contributed by atoms with van der Waals surface area (Å²) in [6.45, 7) is 3.99. The zero-order valence-corrected chi connectivity index (χ0v) is 12.9. The third-order valence-electron chi connectivity index (χ3n) is 2.68. The predicted molar refractivity (Wildman–Crippen MR) is 79.2 cm³/mol. The first-order valence-electron chi connectivity index (χ1n) is 6.39. The predicted octanol–water partition coefficient (Wildman–Crippen LogP) is 1.10. The third-order valence-corrected chi connectivity index (χ3v) is 5.72. The zero-order chi connectivity index (χ0) is 14.4. The van der Waals surface area contributed by atoms with Crippen molar-refractivity contribution in [1.82, 2.24) is 20.0 Å². The van der Waals surface area contributed by atoms with E-state index in [1.807, 2.05) is 13.0 Å². The summed E-state index contributed by atoms with van der Waals surface area (Å²) in [7, 11) is -3.46. The van der Waals surface area contributed by atoms with Crippen LogP contribution in [0.3, 0.4) is 0 Å². The van der Waals surface area contributed by atoms with Crippen LogP contribution in [0.2, 0.25) is 0 Å². The van der Waals surface area contributed by atoms with Gasteiger partial charge in [0.1, 0.15) is 10.0 Å². The van der Waals surface area contributed by atoms with Gasteiger partial charge < -0.3 is 10.3 Å².